The number of amides is 3. The van der Waals surface area contributed by atoms with Crippen LogP contribution in [0.2, 0.25) is 0 Å². The molecular weight excluding hydrogens is 410 g/mol. The van der Waals surface area contributed by atoms with Crippen LogP contribution in [0.3, 0.4) is 0 Å². The van der Waals surface area contributed by atoms with Crippen LogP contribution in [0.1, 0.15) is 25.8 Å². The first-order valence-electron chi connectivity index (χ1n) is 10.8. The van der Waals surface area contributed by atoms with Gasteiger partial charge in [-0.15, -0.1) is 0 Å². The fourth-order valence-electron chi connectivity index (χ4n) is 3.84. The van der Waals surface area contributed by atoms with Gasteiger partial charge >= 0.3 is 0 Å². The van der Waals surface area contributed by atoms with E-state index in [1.54, 1.807) is 35.2 Å². The summed E-state index contributed by atoms with van der Waals surface area (Å²) in [6, 6.07) is 12.6. The van der Waals surface area contributed by atoms with Crippen molar-refractivity contribution < 1.29 is 23.9 Å². The van der Waals surface area contributed by atoms with Crippen molar-refractivity contribution in [1.82, 2.24) is 5.32 Å². The minimum atomic E-state index is -0.452. The molecule has 168 valence electrons. The van der Waals surface area contributed by atoms with E-state index in [1.165, 1.54) is 0 Å². The van der Waals surface area contributed by atoms with E-state index in [9.17, 15) is 14.4 Å². The first kappa shape index (κ1) is 21.7. The van der Waals surface area contributed by atoms with Crippen molar-refractivity contribution in [3.63, 3.8) is 0 Å². The predicted molar refractivity (Wildman–Crippen MR) is 120 cm³/mol. The normalized spacial score (nSPS) is 17.4. The van der Waals surface area contributed by atoms with E-state index >= 15 is 0 Å². The number of nitrogens with one attached hydrogen (secondary N) is 2. The van der Waals surface area contributed by atoms with Gasteiger partial charge in [0.25, 0.3) is 0 Å². The van der Waals surface area contributed by atoms with Crippen LogP contribution >= 0.6 is 0 Å². The third kappa shape index (κ3) is 5.01. The van der Waals surface area contributed by atoms with Crippen molar-refractivity contribution in [3.8, 4) is 11.5 Å². The van der Waals surface area contributed by atoms with Gasteiger partial charge in [0, 0.05) is 36.4 Å². The van der Waals surface area contributed by atoms with E-state index in [2.05, 4.69) is 10.6 Å². The highest BCUT2D eigenvalue weighted by Crippen LogP contribution is 2.36. The molecule has 0 aliphatic carbocycles. The molecule has 0 radical (unpaired) electrons. The van der Waals surface area contributed by atoms with Crippen LogP contribution < -0.4 is 25.0 Å². The first-order valence-corrected chi connectivity index (χ1v) is 10.8. The van der Waals surface area contributed by atoms with Crippen molar-refractivity contribution in [2.75, 3.05) is 30.0 Å². The highest BCUT2D eigenvalue weighted by molar-refractivity contribution is 6.03. The molecule has 0 spiro atoms. The molecule has 1 fully saturated rings. The third-order valence-corrected chi connectivity index (χ3v) is 5.37. The van der Waals surface area contributed by atoms with E-state index in [4.69, 9.17) is 9.47 Å². The Balaban J connectivity index is 1.35. The van der Waals surface area contributed by atoms with Crippen LogP contribution in [0.4, 0.5) is 11.4 Å². The van der Waals surface area contributed by atoms with Gasteiger partial charge in [0.15, 0.2) is 11.5 Å². The average molecular weight is 437 g/mol. The van der Waals surface area contributed by atoms with E-state index in [0.717, 1.165) is 5.56 Å². The number of rotatable bonds is 6. The summed E-state index contributed by atoms with van der Waals surface area (Å²) >= 11 is 0. The maximum atomic E-state index is 12.8. The van der Waals surface area contributed by atoms with Crippen LogP contribution in [0.5, 0.6) is 11.5 Å². The van der Waals surface area contributed by atoms with Crippen LogP contribution in [0, 0.1) is 5.92 Å². The molecule has 2 aliphatic rings. The maximum absolute atomic E-state index is 12.8. The highest BCUT2D eigenvalue weighted by atomic mass is 16.6. The zero-order valence-corrected chi connectivity index (χ0v) is 18.2. The van der Waals surface area contributed by atoms with Gasteiger partial charge in [-0.2, -0.15) is 0 Å². The Labute approximate surface area is 186 Å². The molecule has 8 nitrogen and oxygen atoms in total. The maximum Gasteiger partial charge on any atom is 0.229 e. The van der Waals surface area contributed by atoms with Gasteiger partial charge in [-0.25, -0.2) is 0 Å². The van der Waals surface area contributed by atoms with Gasteiger partial charge in [-0.1, -0.05) is 12.1 Å². The second-order valence-electron chi connectivity index (χ2n) is 8.32. The SMILES string of the molecule is CC(C)NC(=O)Cc1ccc(NC(=O)C2CC(=O)N(c3ccc4c(c3)OCCO4)C2)cc1. The standard InChI is InChI=1S/C24H27N3O5/c1-15(2)25-22(28)11-16-3-5-18(6-4-16)26-24(30)17-12-23(29)27(14-17)19-7-8-20-21(13-19)32-10-9-31-20/h3-8,13,15,17H,9-12,14H2,1-2H3,(H,25,28)(H,26,30). The minimum Gasteiger partial charge on any atom is -0.486 e. The number of carbonyl (C=O) groups excluding carboxylic acids is 3. The molecule has 8 heteroatoms. The largest absolute Gasteiger partial charge is 0.486 e. The van der Waals surface area contributed by atoms with E-state index < -0.39 is 5.92 Å². The first-order chi connectivity index (χ1) is 15.4. The van der Waals surface area contributed by atoms with Crippen molar-refractivity contribution in [2.45, 2.75) is 32.7 Å². The Bertz CT molecular complexity index is 1020. The number of nitrogens with zero attached hydrogens (tertiary/aromatic N) is 1. The number of fused-ring (bicyclic) bond motifs is 1. The summed E-state index contributed by atoms with van der Waals surface area (Å²) in [4.78, 5) is 38.8. The quantitative estimate of drug-likeness (QED) is 0.724. The van der Waals surface area contributed by atoms with Gasteiger partial charge < -0.3 is 25.0 Å². The molecule has 2 N–H and O–H groups in total. The molecular formula is C24H27N3O5. The molecule has 1 unspecified atom stereocenters. The summed E-state index contributed by atoms with van der Waals surface area (Å²) in [5.41, 5.74) is 2.19. The number of anilines is 2. The average Bonchev–Trinajstić information content (AvgIpc) is 3.16. The van der Waals surface area contributed by atoms with Gasteiger partial charge in [-0.3, -0.25) is 14.4 Å². The number of hydrogen-bond acceptors (Lipinski definition) is 5. The van der Waals surface area contributed by atoms with E-state index in [-0.39, 0.29) is 36.6 Å². The zero-order chi connectivity index (χ0) is 22.7. The second-order valence-corrected chi connectivity index (χ2v) is 8.32. The minimum absolute atomic E-state index is 0.0412. The Hall–Kier alpha value is -3.55. The van der Waals surface area contributed by atoms with Crippen LogP contribution in [0.15, 0.2) is 42.5 Å². The lowest BCUT2D eigenvalue weighted by molar-refractivity contribution is -0.122. The van der Waals surface area contributed by atoms with E-state index in [0.29, 0.717) is 42.6 Å². The van der Waals surface area contributed by atoms with Gasteiger partial charge in [-0.05, 0) is 43.7 Å². The molecule has 2 aromatic rings. The Morgan fingerprint density at radius 3 is 2.50 bits per heavy atom. The Morgan fingerprint density at radius 2 is 1.78 bits per heavy atom. The molecule has 2 aromatic carbocycles. The van der Waals surface area contributed by atoms with Crippen molar-refractivity contribution in [2.24, 2.45) is 5.92 Å². The smallest absolute Gasteiger partial charge is 0.229 e. The topological polar surface area (TPSA) is 97.0 Å². The molecule has 0 aromatic heterocycles. The predicted octanol–water partition coefficient (Wildman–Crippen LogP) is 2.52. The number of benzene rings is 2. The fraction of sp³-hybridized carbons (Fsp3) is 0.375. The summed E-state index contributed by atoms with van der Waals surface area (Å²) in [7, 11) is 0. The fourth-order valence-corrected chi connectivity index (χ4v) is 3.84. The number of ether oxygens (including phenoxy) is 2. The lowest BCUT2D eigenvalue weighted by Gasteiger charge is -2.22. The lowest BCUT2D eigenvalue weighted by atomic mass is 10.1. The number of carbonyl (C=O) groups is 3. The van der Waals surface area contributed by atoms with Crippen molar-refractivity contribution in [1.29, 1.82) is 0 Å². The molecule has 32 heavy (non-hydrogen) atoms. The molecule has 1 saturated heterocycles. The molecule has 0 saturated carbocycles. The van der Waals surface area contributed by atoms with Crippen LogP contribution in [-0.4, -0.2) is 43.5 Å². The zero-order valence-electron chi connectivity index (χ0n) is 18.2. The summed E-state index contributed by atoms with van der Waals surface area (Å²) in [5.74, 6) is 0.465. The molecule has 2 heterocycles. The molecule has 4 rings (SSSR count). The molecule has 1 atom stereocenters. The lowest BCUT2D eigenvalue weighted by Crippen LogP contribution is -2.31. The molecule has 2 aliphatic heterocycles. The van der Waals surface area contributed by atoms with Crippen LogP contribution in [-0.2, 0) is 20.8 Å². The summed E-state index contributed by atoms with van der Waals surface area (Å²) in [6.45, 7) is 5.11. The van der Waals surface area contributed by atoms with Crippen molar-refractivity contribution >= 4 is 29.1 Å². The second kappa shape index (κ2) is 9.30. The van der Waals surface area contributed by atoms with Crippen molar-refractivity contribution in [3.05, 3.63) is 48.0 Å². The Morgan fingerprint density at radius 1 is 1.06 bits per heavy atom. The third-order valence-electron chi connectivity index (χ3n) is 5.37. The number of hydrogen-bond donors (Lipinski definition) is 2. The molecule has 0 bridgehead atoms. The molecule has 3 amide bonds. The van der Waals surface area contributed by atoms with Gasteiger partial charge in [0.05, 0.1) is 12.3 Å². The summed E-state index contributed by atoms with van der Waals surface area (Å²) < 4.78 is 11.1. The van der Waals surface area contributed by atoms with Gasteiger partial charge in [0.2, 0.25) is 17.7 Å². The summed E-state index contributed by atoms with van der Waals surface area (Å²) in [5, 5.41) is 5.73. The van der Waals surface area contributed by atoms with Crippen LogP contribution in [0.25, 0.3) is 0 Å². The highest BCUT2D eigenvalue weighted by Gasteiger charge is 2.35. The summed E-state index contributed by atoms with van der Waals surface area (Å²) in [6.07, 6.45) is 0.432. The monoisotopic (exact) mass is 437 g/mol. The van der Waals surface area contributed by atoms with E-state index in [1.807, 2.05) is 26.0 Å². The Kier molecular flexibility index (Phi) is 6.30. The van der Waals surface area contributed by atoms with Gasteiger partial charge in [0.1, 0.15) is 13.2 Å².